The van der Waals surface area contributed by atoms with Gasteiger partial charge in [0.2, 0.25) is 0 Å². The summed E-state index contributed by atoms with van der Waals surface area (Å²) < 4.78 is 27.5. The molecule has 2 aromatic heterocycles. The van der Waals surface area contributed by atoms with Gasteiger partial charge >= 0.3 is 0 Å². The number of morpholine rings is 1. The molecule has 0 unspecified atom stereocenters. The number of aromatic nitrogens is 3. The van der Waals surface area contributed by atoms with Crippen molar-refractivity contribution in [3.8, 4) is 5.75 Å². The Bertz CT molecular complexity index is 1000. The fraction of sp³-hybridized carbons (Fsp3) is 0.455. The first kappa shape index (κ1) is 19.3. The van der Waals surface area contributed by atoms with Crippen molar-refractivity contribution in [2.24, 2.45) is 0 Å². The molecule has 5 rings (SSSR count). The molecule has 0 spiro atoms. The molecule has 0 N–H and O–H groups in total. The third-order valence-electron chi connectivity index (χ3n) is 5.89. The zero-order valence-corrected chi connectivity index (χ0v) is 16.9. The monoisotopic (exact) mass is 411 g/mol. The minimum atomic E-state index is -0.239. The lowest BCUT2D eigenvalue weighted by Crippen LogP contribution is -2.38. The number of halogens is 1. The van der Waals surface area contributed by atoms with Gasteiger partial charge in [-0.1, -0.05) is 0 Å². The van der Waals surface area contributed by atoms with E-state index in [1.165, 1.54) is 6.07 Å². The maximum atomic E-state index is 14.2. The third kappa shape index (κ3) is 3.97. The predicted molar refractivity (Wildman–Crippen MR) is 111 cm³/mol. The molecule has 0 bridgehead atoms. The molecule has 8 heteroatoms. The summed E-state index contributed by atoms with van der Waals surface area (Å²) in [7, 11) is 0. The van der Waals surface area contributed by atoms with Gasteiger partial charge in [-0.2, -0.15) is 5.10 Å². The molecular weight excluding hydrogens is 385 g/mol. The largest absolute Gasteiger partial charge is 0.492 e. The van der Waals surface area contributed by atoms with Crippen molar-refractivity contribution in [3.63, 3.8) is 0 Å². The predicted octanol–water partition coefficient (Wildman–Crippen LogP) is 2.92. The Morgan fingerprint density at radius 1 is 1.13 bits per heavy atom. The minimum Gasteiger partial charge on any atom is -0.492 e. The molecule has 0 saturated carbocycles. The van der Waals surface area contributed by atoms with Crippen LogP contribution >= 0.6 is 0 Å². The fourth-order valence-corrected chi connectivity index (χ4v) is 4.35. The van der Waals surface area contributed by atoms with E-state index in [1.54, 1.807) is 22.8 Å². The Kier molecular flexibility index (Phi) is 5.50. The smallest absolute Gasteiger partial charge is 0.157 e. The maximum absolute atomic E-state index is 14.2. The summed E-state index contributed by atoms with van der Waals surface area (Å²) in [6.07, 6.45) is 5.62. The van der Waals surface area contributed by atoms with Gasteiger partial charge in [0.15, 0.2) is 5.65 Å². The van der Waals surface area contributed by atoms with Crippen molar-refractivity contribution in [1.29, 1.82) is 0 Å². The van der Waals surface area contributed by atoms with Crippen molar-refractivity contribution < 1.29 is 13.9 Å². The summed E-state index contributed by atoms with van der Waals surface area (Å²) in [5.74, 6) is 1.40. The van der Waals surface area contributed by atoms with Crippen LogP contribution < -0.4 is 9.64 Å². The molecule has 2 fully saturated rings. The summed E-state index contributed by atoms with van der Waals surface area (Å²) in [5, 5.41) is 4.22. The highest BCUT2D eigenvalue weighted by Crippen LogP contribution is 2.39. The Morgan fingerprint density at radius 3 is 2.93 bits per heavy atom. The first-order valence-corrected chi connectivity index (χ1v) is 10.6. The summed E-state index contributed by atoms with van der Waals surface area (Å²) in [6, 6.07) is 8.74. The molecule has 1 atom stereocenters. The SMILES string of the molecule is Fc1ccc(OCCN2CCOCC2)c([C@H]2CCCN2c2ccn3nccc3n2)c1. The van der Waals surface area contributed by atoms with Crippen molar-refractivity contribution in [3.05, 3.63) is 54.1 Å². The summed E-state index contributed by atoms with van der Waals surface area (Å²) in [6.45, 7) is 5.70. The molecule has 158 valence electrons. The van der Waals surface area contributed by atoms with E-state index in [9.17, 15) is 4.39 Å². The van der Waals surface area contributed by atoms with Crippen LogP contribution in [-0.4, -0.2) is 65.5 Å². The van der Waals surface area contributed by atoms with E-state index in [0.717, 1.165) is 75.0 Å². The molecule has 2 aliphatic heterocycles. The highest BCUT2D eigenvalue weighted by atomic mass is 19.1. The van der Waals surface area contributed by atoms with Crippen LogP contribution in [0.2, 0.25) is 0 Å². The highest BCUT2D eigenvalue weighted by Gasteiger charge is 2.30. The van der Waals surface area contributed by atoms with E-state index >= 15 is 0 Å². The second kappa shape index (κ2) is 8.57. The quantitative estimate of drug-likeness (QED) is 0.622. The van der Waals surface area contributed by atoms with Gasteiger partial charge in [0.05, 0.1) is 25.5 Å². The lowest BCUT2D eigenvalue weighted by molar-refractivity contribution is 0.0322. The van der Waals surface area contributed by atoms with Crippen molar-refractivity contribution >= 4 is 11.5 Å². The molecular formula is C22H26FN5O2. The van der Waals surface area contributed by atoms with E-state index in [2.05, 4.69) is 14.9 Å². The molecule has 2 saturated heterocycles. The zero-order chi connectivity index (χ0) is 20.3. The van der Waals surface area contributed by atoms with Gasteiger partial charge < -0.3 is 14.4 Å². The molecule has 4 heterocycles. The van der Waals surface area contributed by atoms with Crippen LogP contribution in [0.3, 0.4) is 0 Å². The number of benzene rings is 1. The van der Waals surface area contributed by atoms with Gasteiger partial charge in [0.25, 0.3) is 0 Å². The van der Waals surface area contributed by atoms with E-state index in [4.69, 9.17) is 14.5 Å². The first-order valence-electron chi connectivity index (χ1n) is 10.6. The molecule has 3 aromatic rings. The van der Waals surface area contributed by atoms with Crippen LogP contribution in [0.1, 0.15) is 24.4 Å². The number of anilines is 1. The van der Waals surface area contributed by atoms with Crippen molar-refractivity contribution in [2.45, 2.75) is 18.9 Å². The van der Waals surface area contributed by atoms with E-state index in [-0.39, 0.29) is 11.9 Å². The highest BCUT2D eigenvalue weighted by molar-refractivity contribution is 5.51. The van der Waals surface area contributed by atoms with Gasteiger partial charge in [-0.05, 0) is 37.1 Å². The van der Waals surface area contributed by atoms with Crippen LogP contribution in [0.5, 0.6) is 5.75 Å². The Balaban J connectivity index is 1.35. The number of nitrogens with zero attached hydrogens (tertiary/aromatic N) is 5. The van der Waals surface area contributed by atoms with Gasteiger partial charge in [0.1, 0.15) is 24.0 Å². The Morgan fingerprint density at radius 2 is 2.03 bits per heavy atom. The van der Waals surface area contributed by atoms with Crippen LogP contribution in [0.15, 0.2) is 42.7 Å². The molecule has 0 amide bonds. The Labute approximate surface area is 175 Å². The number of hydrogen-bond donors (Lipinski definition) is 0. The number of hydrogen-bond acceptors (Lipinski definition) is 6. The normalized spacial score (nSPS) is 20.2. The number of rotatable bonds is 6. The molecule has 30 heavy (non-hydrogen) atoms. The van der Waals surface area contributed by atoms with Crippen LogP contribution in [-0.2, 0) is 4.74 Å². The standard InChI is InChI=1S/C22H26FN5O2/c23-17-3-4-20(30-15-12-26-10-13-29-14-11-26)18(16-17)19-2-1-8-27(19)21-6-9-28-22(25-21)5-7-24-28/h3-7,9,16,19H,1-2,8,10-15H2/t19-/m1/s1. The number of fused-ring (bicyclic) bond motifs is 1. The van der Waals surface area contributed by atoms with Crippen LogP contribution in [0, 0.1) is 5.82 Å². The molecule has 2 aliphatic rings. The second-order valence-electron chi connectivity index (χ2n) is 7.76. The topological polar surface area (TPSA) is 55.1 Å². The average molecular weight is 411 g/mol. The van der Waals surface area contributed by atoms with Crippen LogP contribution in [0.25, 0.3) is 5.65 Å². The van der Waals surface area contributed by atoms with Gasteiger partial charge in [-0.25, -0.2) is 13.9 Å². The van der Waals surface area contributed by atoms with Gasteiger partial charge in [-0.15, -0.1) is 0 Å². The fourth-order valence-electron chi connectivity index (χ4n) is 4.35. The molecule has 0 radical (unpaired) electrons. The lowest BCUT2D eigenvalue weighted by atomic mass is 10.0. The minimum absolute atomic E-state index is 0.0389. The van der Waals surface area contributed by atoms with Gasteiger partial charge in [-0.3, -0.25) is 4.90 Å². The van der Waals surface area contributed by atoms with Crippen molar-refractivity contribution in [1.82, 2.24) is 19.5 Å². The van der Waals surface area contributed by atoms with E-state index in [0.29, 0.717) is 6.61 Å². The average Bonchev–Trinajstić information content (AvgIpc) is 3.44. The summed E-state index contributed by atoms with van der Waals surface area (Å²) in [5.41, 5.74) is 1.70. The number of ether oxygens (including phenoxy) is 2. The second-order valence-corrected chi connectivity index (χ2v) is 7.76. The van der Waals surface area contributed by atoms with Gasteiger partial charge in [0, 0.05) is 44.0 Å². The van der Waals surface area contributed by atoms with Crippen LogP contribution in [0.4, 0.5) is 10.2 Å². The van der Waals surface area contributed by atoms with Crippen molar-refractivity contribution in [2.75, 3.05) is 50.9 Å². The van der Waals surface area contributed by atoms with E-state index < -0.39 is 0 Å². The van der Waals surface area contributed by atoms with E-state index in [1.807, 2.05) is 18.3 Å². The Hall–Kier alpha value is -2.71. The molecule has 7 nitrogen and oxygen atoms in total. The lowest BCUT2D eigenvalue weighted by Gasteiger charge is -2.29. The molecule has 0 aliphatic carbocycles. The summed E-state index contributed by atoms with van der Waals surface area (Å²) in [4.78, 5) is 9.32. The summed E-state index contributed by atoms with van der Waals surface area (Å²) >= 11 is 0. The first-order chi connectivity index (χ1) is 14.8. The third-order valence-corrected chi connectivity index (χ3v) is 5.89. The maximum Gasteiger partial charge on any atom is 0.157 e. The zero-order valence-electron chi connectivity index (χ0n) is 16.9. The molecule has 1 aromatic carbocycles.